The highest BCUT2D eigenvalue weighted by Gasteiger charge is 2.21. The minimum atomic E-state index is 0.103. The second-order valence-electron chi connectivity index (χ2n) is 4.58. The van der Waals surface area contributed by atoms with Gasteiger partial charge in [0.05, 0.1) is 19.8 Å². The van der Waals surface area contributed by atoms with Crippen LogP contribution in [-0.4, -0.2) is 31.5 Å². The molecule has 0 aliphatic heterocycles. The first-order valence-corrected chi connectivity index (χ1v) is 6.32. The first kappa shape index (κ1) is 12.6. The lowest BCUT2D eigenvalue weighted by atomic mass is 10.1. The molecule has 1 aliphatic carbocycles. The Kier molecular flexibility index (Phi) is 4.54. The predicted molar refractivity (Wildman–Crippen MR) is 68.1 cm³/mol. The SMILES string of the molecule is Cc1ccc2c(c1)C(NCCOCCO)CC2. The van der Waals surface area contributed by atoms with Crippen LogP contribution in [0.1, 0.15) is 29.2 Å². The van der Waals surface area contributed by atoms with E-state index in [4.69, 9.17) is 9.84 Å². The van der Waals surface area contributed by atoms with Gasteiger partial charge in [0.2, 0.25) is 0 Å². The van der Waals surface area contributed by atoms with Crippen molar-refractivity contribution < 1.29 is 9.84 Å². The topological polar surface area (TPSA) is 41.5 Å². The fraction of sp³-hybridized carbons (Fsp3) is 0.571. The highest BCUT2D eigenvalue weighted by Crippen LogP contribution is 2.31. The molecule has 0 heterocycles. The zero-order valence-corrected chi connectivity index (χ0v) is 10.4. The van der Waals surface area contributed by atoms with Crippen LogP contribution in [0.25, 0.3) is 0 Å². The van der Waals surface area contributed by atoms with Crippen molar-refractivity contribution in [3.05, 3.63) is 34.9 Å². The molecule has 17 heavy (non-hydrogen) atoms. The maximum atomic E-state index is 8.59. The second-order valence-corrected chi connectivity index (χ2v) is 4.58. The van der Waals surface area contributed by atoms with Gasteiger partial charge in [-0.15, -0.1) is 0 Å². The van der Waals surface area contributed by atoms with Crippen molar-refractivity contribution in [3.8, 4) is 0 Å². The number of fused-ring (bicyclic) bond motifs is 1. The van der Waals surface area contributed by atoms with Crippen LogP contribution in [0.3, 0.4) is 0 Å². The van der Waals surface area contributed by atoms with E-state index in [1.54, 1.807) is 0 Å². The molecule has 0 bridgehead atoms. The normalized spacial score (nSPS) is 18.4. The Morgan fingerprint density at radius 3 is 3.12 bits per heavy atom. The van der Waals surface area contributed by atoms with E-state index >= 15 is 0 Å². The number of aliphatic hydroxyl groups is 1. The first-order valence-electron chi connectivity index (χ1n) is 6.32. The standard InChI is InChI=1S/C14H21NO2/c1-11-2-3-12-4-5-14(13(12)10-11)15-6-8-17-9-7-16/h2-3,10,14-16H,4-9H2,1H3. The summed E-state index contributed by atoms with van der Waals surface area (Å²) in [5.74, 6) is 0. The number of rotatable bonds is 6. The molecule has 0 saturated carbocycles. The summed E-state index contributed by atoms with van der Waals surface area (Å²) >= 11 is 0. The summed E-state index contributed by atoms with van der Waals surface area (Å²) in [6.07, 6.45) is 2.35. The number of hydrogen-bond acceptors (Lipinski definition) is 3. The van der Waals surface area contributed by atoms with Crippen LogP contribution >= 0.6 is 0 Å². The number of ether oxygens (including phenoxy) is 1. The monoisotopic (exact) mass is 235 g/mol. The van der Waals surface area contributed by atoms with E-state index in [0.29, 0.717) is 19.3 Å². The molecular weight excluding hydrogens is 214 g/mol. The summed E-state index contributed by atoms with van der Waals surface area (Å²) in [6, 6.07) is 7.19. The molecule has 94 valence electrons. The van der Waals surface area contributed by atoms with Crippen LogP contribution < -0.4 is 5.32 Å². The number of hydrogen-bond donors (Lipinski definition) is 2. The van der Waals surface area contributed by atoms with Crippen molar-refractivity contribution in [3.63, 3.8) is 0 Å². The van der Waals surface area contributed by atoms with E-state index in [1.165, 1.54) is 29.5 Å². The molecule has 1 aliphatic rings. The van der Waals surface area contributed by atoms with Gasteiger partial charge in [0.15, 0.2) is 0 Å². The Labute approximate surface area is 103 Å². The molecule has 1 atom stereocenters. The maximum Gasteiger partial charge on any atom is 0.0698 e. The molecule has 1 unspecified atom stereocenters. The molecular formula is C14H21NO2. The van der Waals surface area contributed by atoms with Gasteiger partial charge in [-0.2, -0.15) is 0 Å². The van der Waals surface area contributed by atoms with Crippen LogP contribution in [-0.2, 0) is 11.2 Å². The largest absolute Gasteiger partial charge is 0.394 e. The molecule has 1 aromatic rings. The van der Waals surface area contributed by atoms with Crippen molar-refractivity contribution in [1.29, 1.82) is 0 Å². The second kappa shape index (κ2) is 6.15. The van der Waals surface area contributed by atoms with Gasteiger partial charge >= 0.3 is 0 Å². The first-order chi connectivity index (χ1) is 8.31. The molecule has 3 nitrogen and oxygen atoms in total. The van der Waals surface area contributed by atoms with Gasteiger partial charge in [0.1, 0.15) is 0 Å². The minimum absolute atomic E-state index is 0.103. The Balaban J connectivity index is 1.82. The third-order valence-corrected chi connectivity index (χ3v) is 3.25. The van der Waals surface area contributed by atoms with Crippen molar-refractivity contribution in [2.75, 3.05) is 26.4 Å². The zero-order chi connectivity index (χ0) is 12.1. The minimum Gasteiger partial charge on any atom is -0.394 e. The van der Waals surface area contributed by atoms with E-state index in [1.807, 2.05) is 0 Å². The third-order valence-electron chi connectivity index (χ3n) is 3.25. The predicted octanol–water partition coefficient (Wildman–Crippen LogP) is 1.58. The number of benzene rings is 1. The summed E-state index contributed by atoms with van der Waals surface area (Å²) < 4.78 is 5.24. The average molecular weight is 235 g/mol. The fourth-order valence-electron chi connectivity index (χ4n) is 2.41. The van der Waals surface area contributed by atoms with Crippen LogP contribution in [0.4, 0.5) is 0 Å². The molecule has 0 radical (unpaired) electrons. The van der Waals surface area contributed by atoms with Crippen LogP contribution in [0, 0.1) is 6.92 Å². The van der Waals surface area contributed by atoms with Crippen LogP contribution in [0.15, 0.2) is 18.2 Å². The molecule has 1 aromatic carbocycles. The molecule has 0 spiro atoms. The van der Waals surface area contributed by atoms with Gasteiger partial charge in [-0.3, -0.25) is 0 Å². The Morgan fingerprint density at radius 2 is 2.29 bits per heavy atom. The third kappa shape index (κ3) is 3.28. The van der Waals surface area contributed by atoms with Gasteiger partial charge in [-0.25, -0.2) is 0 Å². The molecule has 0 fully saturated rings. The van der Waals surface area contributed by atoms with E-state index < -0.39 is 0 Å². The van der Waals surface area contributed by atoms with Gasteiger partial charge < -0.3 is 15.2 Å². The number of aryl methyl sites for hydroxylation is 2. The molecule has 3 heteroatoms. The molecule has 0 saturated heterocycles. The average Bonchev–Trinajstić information content (AvgIpc) is 2.72. The summed E-state index contributed by atoms with van der Waals surface area (Å²) in [4.78, 5) is 0. The highest BCUT2D eigenvalue weighted by atomic mass is 16.5. The number of nitrogens with one attached hydrogen (secondary N) is 1. The van der Waals surface area contributed by atoms with Crippen molar-refractivity contribution >= 4 is 0 Å². The highest BCUT2D eigenvalue weighted by molar-refractivity contribution is 5.37. The summed E-state index contributed by atoms with van der Waals surface area (Å²) in [7, 11) is 0. The summed E-state index contributed by atoms with van der Waals surface area (Å²) in [6.45, 7) is 4.18. The Bertz CT molecular complexity index is 365. The summed E-state index contributed by atoms with van der Waals surface area (Å²) in [5.41, 5.74) is 4.26. The number of aliphatic hydroxyl groups excluding tert-OH is 1. The van der Waals surface area contributed by atoms with E-state index in [9.17, 15) is 0 Å². The van der Waals surface area contributed by atoms with Gasteiger partial charge in [0, 0.05) is 12.6 Å². The quantitative estimate of drug-likeness (QED) is 0.736. The lowest BCUT2D eigenvalue weighted by Crippen LogP contribution is -2.24. The van der Waals surface area contributed by atoms with Gasteiger partial charge in [0.25, 0.3) is 0 Å². The maximum absolute atomic E-state index is 8.59. The lowest BCUT2D eigenvalue weighted by molar-refractivity contribution is 0.0926. The van der Waals surface area contributed by atoms with E-state index in [-0.39, 0.29) is 6.61 Å². The van der Waals surface area contributed by atoms with Gasteiger partial charge in [-0.05, 0) is 30.9 Å². The Hall–Kier alpha value is -0.900. The van der Waals surface area contributed by atoms with Crippen LogP contribution in [0.2, 0.25) is 0 Å². The Morgan fingerprint density at radius 1 is 1.41 bits per heavy atom. The smallest absolute Gasteiger partial charge is 0.0698 e. The molecule has 0 aromatic heterocycles. The molecule has 2 rings (SSSR count). The zero-order valence-electron chi connectivity index (χ0n) is 10.4. The molecule has 0 amide bonds. The van der Waals surface area contributed by atoms with E-state index in [2.05, 4.69) is 30.4 Å². The fourth-order valence-corrected chi connectivity index (χ4v) is 2.41. The van der Waals surface area contributed by atoms with Crippen molar-refractivity contribution in [1.82, 2.24) is 5.32 Å². The summed E-state index contributed by atoms with van der Waals surface area (Å²) in [5, 5.41) is 12.1. The lowest BCUT2D eigenvalue weighted by Gasteiger charge is -2.14. The van der Waals surface area contributed by atoms with Crippen LogP contribution in [0.5, 0.6) is 0 Å². The van der Waals surface area contributed by atoms with Gasteiger partial charge in [-0.1, -0.05) is 23.8 Å². The van der Waals surface area contributed by atoms with Crippen molar-refractivity contribution in [2.45, 2.75) is 25.8 Å². The molecule has 2 N–H and O–H groups in total. The van der Waals surface area contributed by atoms with Crippen molar-refractivity contribution in [2.24, 2.45) is 0 Å². The van der Waals surface area contributed by atoms with E-state index in [0.717, 1.165) is 6.54 Å².